The number of carbonyl (C=O) groups excluding carboxylic acids is 1. The topological polar surface area (TPSA) is 20.3 Å². The molecule has 0 heterocycles. The van der Waals surface area contributed by atoms with Crippen molar-refractivity contribution in [2.75, 3.05) is 17.7 Å². The lowest BCUT2D eigenvalue weighted by molar-refractivity contribution is -0.115. The maximum absolute atomic E-state index is 12.1. The summed E-state index contributed by atoms with van der Waals surface area (Å²) in [6.45, 7) is 0. The SMILES string of the molecule is CN(C(=O)CSCc1ccc(Br)cc1)c1ccccc1. The summed E-state index contributed by atoms with van der Waals surface area (Å²) >= 11 is 5.05. The summed E-state index contributed by atoms with van der Waals surface area (Å²) in [7, 11) is 1.82. The number of halogens is 1. The predicted molar refractivity (Wildman–Crippen MR) is 90.2 cm³/mol. The fraction of sp³-hybridized carbons (Fsp3) is 0.188. The third kappa shape index (κ3) is 4.39. The van der Waals surface area contributed by atoms with Crippen LogP contribution < -0.4 is 4.90 Å². The summed E-state index contributed by atoms with van der Waals surface area (Å²) in [6.07, 6.45) is 0. The van der Waals surface area contributed by atoms with E-state index in [2.05, 4.69) is 28.1 Å². The van der Waals surface area contributed by atoms with Gasteiger partial charge in [-0.25, -0.2) is 0 Å². The molecule has 0 saturated carbocycles. The molecule has 0 bridgehead atoms. The average molecular weight is 350 g/mol. The molecule has 1 amide bonds. The van der Waals surface area contributed by atoms with Crippen molar-refractivity contribution in [3.05, 3.63) is 64.6 Å². The molecule has 2 nitrogen and oxygen atoms in total. The van der Waals surface area contributed by atoms with Gasteiger partial charge in [-0.15, -0.1) is 11.8 Å². The second-order valence-electron chi connectivity index (χ2n) is 4.41. The molecule has 2 aromatic rings. The first-order chi connectivity index (χ1) is 9.66. The quantitative estimate of drug-likeness (QED) is 0.799. The molecule has 0 N–H and O–H groups in total. The van der Waals surface area contributed by atoms with E-state index in [1.54, 1.807) is 16.7 Å². The Bertz CT molecular complexity index is 556. The highest BCUT2D eigenvalue weighted by molar-refractivity contribution is 9.10. The summed E-state index contributed by atoms with van der Waals surface area (Å²) < 4.78 is 1.08. The van der Waals surface area contributed by atoms with Crippen LogP contribution in [-0.2, 0) is 10.5 Å². The van der Waals surface area contributed by atoms with Crippen LogP contribution in [0.15, 0.2) is 59.1 Å². The lowest BCUT2D eigenvalue weighted by Gasteiger charge is -2.16. The highest BCUT2D eigenvalue weighted by atomic mass is 79.9. The second kappa shape index (κ2) is 7.50. The third-order valence-electron chi connectivity index (χ3n) is 2.93. The first-order valence-corrected chi connectivity index (χ1v) is 8.25. The number of hydrogen-bond donors (Lipinski definition) is 0. The van der Waals surface area contributed by atoms with Gasteiger partial charge >= 0.3 is 0 Å². The number of hydrogen-bond acceptors (Lipinski definition) is 2. The van der Waals surface area contributed by atoms with E-state index in [1.807, 2.05) is 49.5 Å². The Balaban J connectivity index is 1.82. The van der Waals surface area contributed by atoms with E-state index in [4.69, 9.17) is 0 Å². The van der Waals surface area contributed by atoms with Crippen molar-refractivity contribution in [3.8, 4) is 0 Å². The third-order valence-corrected chi connectivity index (χ3v) is 4.44. The molecule has 0 aliphatic carbocycles. The molecule has 0 aliphatic heterocycles. The van der Waals surface area contributed by atoms with Crippen molar-refractivity contribution in [1.82, 2.24) is 0 Å². The Hall–Kier alpha value is -1.26. The number of anilines is 1. The monoisotopic (exact) mass is 349 g/mol. The van der Waals surface area contributed by atoms with Crippen LogP contribution in [0.1, 0.15) is 5.56 Å². The van der Waals surface area contributed by atoms with E-state index < -0.39 is 0 Å². The fourth-order valence-electron chi connectivity index (χ4n) is 1.73. The molecular formula is C16H16BrNOS. The van der Waals surface area contributed by atoms with E-state index >= 15 is 0 Å². The van der Waals surface area contributed by atoms with E-state index in [0.717, 1.165) is 15.9 Å². The Morgan fingerprint density at radius 3 is 2.40 bits per heavy atom. The van der Waals surface area contributed by atoms with Crippen molar-refractivity contribution in [1.29, 1.82) is 0 Å². The maximum Gasteiger partial charge on any atom is 0.236 e. The average Bonchev–Trinajstić information content (AvgIpc) is 2.49. The largest absolute Gasteiger partial charge is 0.315 e. The van der Waals surface area contributed by atoms with E-state index in [1.165, 1.54) is 5.56 Å². The molecule has 0 radical (unpaired) electrons. The van der Waals surface area contributed by atoms with Gasteiger partial charge in [0.15, 0.2) is 0 Å². The molecule has 0 unspecified atom stereocenters. The zero-order valence-corrected chi connectivity index (χ0v) is 13.7. The van der Waals surface area contributed by atoms with Gasteiger partial charge in [0, 0.05) is 23.0 Å². The first-order valence-electron chi connectivity index (χ1n) is 6.30. The second-order valence-corrected chi connectivity index (χ2v) is 6.31. The van der Waals surface area contributed by atoms with Crippen molar-refractivity contribution in [3.63, 3.8) is 0 Å². The number of rotatable bonds is 5. The minimum absolute atomic E-state index is 0.123. The summed E-state index contributed by atoms with van der Waals surface area (Å²) in [5.74, 6) is 1.46. The number of para-hydroxylation sites is 1. The first kappa shape index (κ1) is 15.1. The summed E-state index contributed by atoms with van der Waals surface area (Å²) in [5.41, 5.74) is 2.16. The molecule has 0 spiro atoms. The van der Waals surface area contributed by atoms with Gasteiger partial charge in [-0.05, 0) is 29.8 Å². The number of benzene rings is 2. The molecule has 2 rings (SSSR count). The van der Waals surface area contributed by atoms with Gasteiger partial charge < -0.3 is 4.90 Å². The standard InChI is InChI=1S/C16H16BrNOS/c1-18(15-5-3-2-4-6-15)16(19)12-20-11-13-7-9-14(17)10-8-13/h2-10H,11-12H2,1H3. The van der Waals surface area contributed by atoms with E-state index in [-0.39, 0.29) is 5.91 Å². The molecule has 0 atom stereocenters. The number of thioether (sulfide) groups is 1. The van der Waals surface area contributed by atoms with Crippen LogP contribution in [0, 0.1) is 0 Å². The van der Waals surface area contributed by atoms with Gasteiger partial charge in [-0.3, -0.25) is 4.79 Å². The van der Waals surface area contributed by atoms with Crippen LogP contribution in [0.5, 0.6) is 0 Å². The van der Waals surface area contributed by atoms with Crippen LogP contribution >= 0.6 is 27.7 Å². The molecule has 2 aromatic carbocycles. The van der Waals surface area contributed by atoms with Gasteiger partial charge in [0.05, 0.1) is 5.75 Å². The highest BCUT2D eigenvalue weighted by Gasteiger charge is 2.10. The van der Waals surface area contributed by atoms with Crippen molar-refractivity contribution in [2.24, 2.45) is 0 Å². The number of amides is 1. The summed E-state index contributed by atoms with van der Waals surface area (Å²) in [5, 5.41) is 0. The van der Waals surface area contributed by atoms with Crippen molar-refractivity contribution >= 4 is 39.3 Å². The smallest absolute Gasteiger partial charge is 0.236 e. The normalized spacial score (nSPS) is 10.3. The molecular weight excluding hydrogens is 334 g/mol. The highest BCUT2D eigenvalue weighted by Crippen LogP contribution is 2.17. The lowest BCUT2D eigenvalue weighted by Crippen LogP contribution is -2.27. The minimum Gasteiger partial charge on any atom is -0.315 e. The summed E-state index contributed by atoms with van der Waals surface area (Å²) in [4.78, 5) is 13.8. The number of carbonyl (C=O) groups is 1. The molecule has 0 fully saturated rings. The molecule has 4 heteroatoms. The Kier molecular flexibility index (Phi) is 5.68. The van der Waals surface area contributed by atoms with Crippen LogP contribution in [-0.4, -0.2) is 18.7 Å². The van der Waals surface area contributed by atoms with Crippen molar-refractivity contribution < 1.29 is 4.79 Å². The maximum atomic E-state index is 12.1. The van der Waals surface area contributed by atoms with Crippen LogP contribution in [0.3, 0.4) is 0 Å². The van der Waals surface area contributed by atoms with Gasteiger partial charge in [-0.1, -0.05) is 46.3 Å². The van der Waals surface area contributed by atoms with Crippen molar-refractivity contribution in [2.45, 2.75) is 5.75 Å². The van der Waals surface area contributed by atoms with Crippen LogP contribution in [0.2, 0.25) is 0 Å². The van der Waals surface area contributed by atoms with Crippen LogP contribution in [0.25, 0.3) is 0 Å². The molecule has 0 aromatic heterocycles. The van der Waals surface area contributed by atoms with Gasteiger partial charge in [0.25, 0.3) is 0 Å². The minimum atomic E-state index is 0.123. The molecule has 0 saturated heterocycles. The fourth-order valence-corrected chi connectivity index (χ4v) is 2.89. The van der Waals surface area contributed by atoms with E-state index in [0.29, 0.717) is 5.75 Å². The molecule has 0 aliphatic rings. The zero-order chi connectivity index (χ0) is 14.4. The molecule has 20 heavy (non-hydrogen) atoms. The van der Waals surface area contributed by atoms with Gasteiger partial charge in [-0.2, -0.15) is 0 Å². The number of nitrogens with zero attached hydrogens (tertiary/aromatic N) is 1. The van der Waals surface area contributed by atoms with E-state index in [9.17, 15) is 4.79 Å². The lowest BCUT2D eigenvalue weighted by atomic mass is 10.2. The molecule has 104 valence electrons. The van der Waals surface area contributed by atoms with Gasteiger partial charge in [0.2, 0.25) is 5.91 Å². The van der Waals surface area contributed by atoms with Crippen LogP contribution in [0.4, 0.5) is 5.69 Å². The Labute approximate surface area is 132 Å². The van der Waals surface area contributed by atoms with Gasteiger partial charge in [0.1, 0.15) is 0 Å². The Morgan fingerprint density at radius 1 is 1.10 bits per heavy atom. The summed E-state index contributed by atoms with van der Waals surface area (Å²) in [6, 6.07) is 17.9. The predicted octanol–water partition coefficient (Wildman–Crippen LogP) is 4.35. The zero-order valence-electron chi connectivity index (χ0n) is 11.3. The Morgan fingerprint density at radius 2 is 1.75 bits per heavy atom.